The number of nitrogens with one attached hydrogen (secondary N) is 1. The van der Waals surface area contributed by atoms with E-state index in [0.29, 0.717) is 12.0 Å². The molecular weight excluding hydrogens is 272 g/mol. The molecule has 1 aromatic carbocycles. The lowest BCUT2D eigenvalue weighted by Crippen LogP contribution is -2.45. The van der Waals surface area contributed by atoms with Crippen LogP contribution >= 0.6 is 0 Å². The minimum atomic E-state index is 0.482. The highest BCUT2D eigenvalue weighted by atomic mass is 16.5. The van der Waals surface area contributed by atoms with E-state index >= 15 is 0 Å². The van der Waals surface area contributed by atoms with Gasteiger partial charge in [0.15, 0.2) is 0 Å². The molecular formula is C19H32N2O. The van der Waals surface area contributed by atoms with Crippen LogP contribution in [0, 0.1) is 0 Å². The van der Waals surface area contributed by atoms with Gasteiger partial charge in [-0.3, -0.25) is 4.90 Å². The van der Waals surface area contributed by atoms with Crippen molar-refractivity contribution < 1.29 is 4.74 Å². The van der Waals surface area contributed by atoms with Crippen LogP contribution < -0.4 is 10.1 Å². The Morgan fingerprint density at radius 1 is 1.23 bits per heavy atom. The highest BCUT2D eigenvalue weighted by molar-refractivity contribution is 5.40. The second-order valence-electron chi connectivity index (χ2n) is 6.60. The maximum atomic E-state index is 5.69. The van der Waals surface area contributed by atoms with Crippen molar-refractivity contribution in [2.45, 2.75) is 52.0 Å². The van der Waals surface area contributed by atoms with Crippen LogP contribution in [0.2, 0.25) is 0 Å². The van der Waals surface area contributed by atoms with Gasteiger partial charge in [0.2, 0.25) is 0 Å². The first-order valence-electron chi connectivity index (χ1n) is 8.80. The van der Waals surface area contributed by atoms with E-state index in [1.807, 2.05) is 0 Å². The summed E-state index contributed by atoms with van der Waals surface area (Å²) < 4.78 is 5.69. The van der Waals surface area contributed by atoms with E-state index < -0.39 is 0 Å². The zero-order valence-electron chi connectivity index (χ0n) is 14.7. The largest absolute Gasteiger partial charge is 0.496 e. The first-order chi connectivity index (χ1) is 10.7. The summed E-state index contributed by atoms with van der Waals surface area (Å²) in [6, 6.07) is 7.23. The maximum Gasteiger partial charge on any atom is 0.123 e. The van der Waals surface area contributed by atoms with Crippen molar-refractivity contribution in [1.29, 1.82) is 0 Å². The molecule has 3 heteroatoms. The van der Waals surface area contributed by atoms with Crippen LogP contribution in [0.3, 0.4) is 0 Å². The van der Waals surface area contributed by atoms with E-state index in [1.165, 1.54) is 30.4 Å². The Morgan fingerprint density at radius 2 is 1.95 bits per heavy atom. The summed E-state index contributed by atoms with van der Waals surface area (Å²) in [6.07, 6.45) is 3.73. The van der Waals surface area contributed by atoms with Crippen molar-refractivity contribution in [2.24, 2.45) is 0 Å². The van der Waals surface area contributed by atoms with E-state index in [1.54, 1.807) is 7.11 Å². The van der Waals surface area contributed by atoms with Crippen LogP contribution in [0.5, 0.6) is 5.75 Å². The first-order valence-corrected chi connectivity index (χ1v) is 8.80. The summed E-state index contributed by atoms with van der Waals surface area (Å²) in [5.41, 5.74) is 2.79. The van der Waals surface area contributed by atoms with E-state index in [9.17, 15) is 0 Å². The van der Waals surface area contributed by atoms with Gasteiger partial charge in [-0.05, 0) is 24.0 Å². The van der Waals surface area contributed by atoms with E-state index in [2.05, 4.69) is 49.2 Å². The number of nitrogens with zero attached hydrogens (tertiary/aromatic N) is 1. The van der Waals surface area contributed by atoms with Crippen LogP contribution in [-0.2, 0) is 0 Å². The number of methoxy groups -OCH3 is 1. The number of benzene rings is 1. The van der Waals surface area contributed by atoms with Gasteiger partial charge < -0.3 is 10.1 Å². The van der Waals surface area contributed by atoms with Crippen molar-refractivity contribution in [3.8, 4) is 5.75 Å². The molecule has 1 saturated heterocycles. The van der Waals surface area contributed by atoms with Gasteiger partial charge >= 0.3 is 0 Å². The predicted molar refractivity (Wildman–Crippen MR) is 93.8 cm³/mol. The van der Waals surface area contributed by atoms with Gasteiger partial charge in [-0.15, -0.1) is 0 Å². The number of hydrogen-bond donors (Lipinski definition) is 1. The summed E-state index contributed by atoms with van der Waals surface area (Å²) in [5, 5.41) is 3.46. The molecule has 0 spiro atoms. The topological polar surface area (TPSA) is 24.5 Å². The van der Waals surface area contributed by atoms with Gasteiger partial charge in [-0.2, -0.15) is 0 Å². The molecule has 1 heterocycles. The van der Waals surface area contributed by atoms with Crippen LogP contribution in [0.15, 0.2) is 18.2 Å². The minimum absolute atomic E-state index is 0.482. The summed E-state index contributed by atoms with van der Waals surface area (Å²) in [7, 11) is 1.79. The Kier molecular flexibility index (Phi) is 6.71. The molecule has 3 nitrogen and oxygen atoms in total. The molecule has 0 radical (unpaired) electrons. The second-order valence-corrected chi connectivity index (χ2v) is 6.60. The van der Waals surface area contributed by atoms with E-state index in [0.717, 1.165) is 31.9 Å². The van der Waals surface area contributed by atoms with Gasteiger partial charge in [0, 0.05) is 37.8 Å². The molecule has 0 aromatic heterocycles. The molecule has 22 heavy (non-hydrogen) atoms. The molecule has 0 amide bonds. The van der Waals surface area contributed by atoms with Gasteiger partial charge in [0.25, 0.3) is 0 Å². The summed E-state index contributed by atoms with van der Waals surface area (Å²) in [6.45, 7) is 11.2. The number of hydrogen-bond acceptors (Lipinski definition) is 3. The lowest BCUT2D eigenvalue weighted by molar-refractivity contribution is 0.160. The monoisotopic (exact) mass is 304 g/mol. The third-order valence-electron chi connectivity index (χ3n) is 4.70. The number of ether oxygens (including phenoxy) is 1. The Bertz CT molecular complexity index is 453. The first kappa shape index (κ1) is 17.3. The molecule has 1 aliphatic heterocycles. The summed E-state index contributed by atoms with van der Waals surface area (Å²) >= 11 is 0. The van der Waals surface area contributed by atoms with Crippen LogP contribution in [0.25, 0.3) is 0 Å². The molecule has 1 fully saturated rings. The Balaban J connectivity index is 2.33. The zero-order chi connectivity index (χ0) is 15.9. The van der Waals surface area contributed by atoms with Gasteiger partial charge in [-0.25, -0.2) is 0 Å². The van der Waals surface area contributed by atoms with Gasteiger partial charge in [0.05, 0.1) is 7.11 Å². The zero-order valence-corrected chi connectivity index (χ0v) is 14.7. The highest BCUT2D eigenvalue weighted by Crippen LogP contribution is 2.35. The molecule has 0 unspecified atom stereocenters. The lowest BCUT2D eigenvalue weighted by Gasteiger charge is -2.36. The normalized spacial score (nSPS) is 17.7. The van der Waals surface area contributed by atoms with Crippen molar-refractivity contribution in [3.63, 3.8) is 0 Å². The maximum absolute atomic E-state index is 5.69. The molecule has 1 aromatic rings. The van der Waals surface area contributed by atoms with E-state index in [-0.39, 0.29) is 0 Å². The molecule has 0 bridgehead atoms. The Morgan fingerprint density at radius 3 is 2.55 bits per heavy atom. The van der Waals surface area contributed by atoms with E-state index in [4.69, 9.17) is 4.74 Å². The quantitative estimate of drug-likeness (QED) is 0.825. The van der Waals surface area contributed by atoms with Crippen LogP contribution in [-0.4, -0.2) is 38.2 Å². The summed E-state index contributed by atoms with van der Waals surface area (Å²) in [4.78, 5) is 2.63. The lowest BCUT2D eigenvalue weighted by atomic mass is 9.93. The number of rotatable bonds is 7. The van der Waals surface area contributed by atoms with Gasteiger partial charge in [0.1, 0.15) is 5.75 Å². The number of piperazine rings is 1. The highest BCUT2D eigenvalue weighted by Gasteiger charge is 2.24. The minimum Gasteiger partial charge on any atom is -0.496 e. The second kappa shape index (κ2) is 8.54. The molecule has 0 saturated carbocycles. The Labute approximate surface area is 136 Å². The van der Waals surface area contributed by atoms with Crippen LogP contribution in [0.4, 0.5) is 0 Å². The number of unbranched alkanes of at least 4 members (excludes halogenated alkanes) is 1. The molecule has 1 aliphatic rings. The SMILES string of the molecule is CCCC[C@@H](c1cc(C(C)C)ccc1OC)N1CCNCC1. The molecule has 1 N–H and O–H groups in total. The molecule has 1 atom stereocenters. The van der Waals surface area contributed by atoms with Crippen molar-refractivity contribution in [3.05, 3.63) is 29.3 Å². The predicted octanol–water partition coefficient (Wildman–Crippen LogP) is 3.96. The molecule has 124 valence electrons. The average Bonchev–Trinajstić information content (AvgIpc) is 2.56. The smallest absolute Gasteiger partial charge is 0.123 e. The Hall–Kier alpha value is -1.06. The average molecular weight is 304 g/mol. The molecule has 2 rings (SSSR count). The van der Waals surface area contributed by atoms with Crippen molar-refractivity contribution in [1.82, 2.24) is 10.2 Å². The standard InChI is InChI=1S/C19H32N2O/c1-5-6-7-18(21-12-10-20-11-13-21)17-14-16(15(2)3)8-9-19(17)22-4/h8-9,14-15,18,20H,5-7,10-13H2,1-4H3/t18-/m0/s1. The fourth-order valence-electron chi connectivity index (χ4n) is 3.30. The molecule has 0 aliphatic carbocycles. The fraction of sp³-hybridized carbons (Fsp3) is 0.684. The van der Waals surface area contributed by atoms with Gasteiger partial charge in [-0.1, -0.05) is 45.7 Å². The van der Waals surface area contributed by atoms with Crippen molar-refractivity contribution >= 4 is 0 Å². The van der Waals surface area contributed by atoms with Crippen molar-refractivity contribution in [2.75, 3.05) is 33.3 Å². The summed E-state index contributed by atoms with van der Waals surface area (Å²) in [5.74, 6) is 1.60. The van der Waals surface area contributed by atoms with Crippen LogP contribution in [0.1, 0.15) is 63.1 Å². The fourth-order valence-corrected chi connectivity index (χ4v) is 3.30. The third-order valence-corrected chi connectivity index (χ3v) is 4.70. The third kappa shape index (κ3) is 4.23.